The second kappa shape index (κ2) is 4.59. The molecular formula is C13H12NO2S. The van der Waals surface area contributed by atoms with Crippen LogP contribution in [0.4, 0.5) is 5.69 Å². The topological polar surface area (TPSA) is 48.2 Å². The molecule has 2 aromatic carbocycles. The molecule has 0 aliphatic carbocycles. The maximum atomic E-state index is 11.9. The first kappa shape index (κ1) is 11.7. The SMILES string of the molecule is Cc1ccc(S(=O)(=O)[N]c2ccccc2)cc1. The highest BCUT2D eigenvalue weighted by Gasteiger charge is 2.15. The summed E-state index contributed by atoms with van der Waals surface area (Å²) in [5, 5.41) is 0. The van der Waals surface area contributed by atoms with Crippen molar-refractivity contribution in [1.29, 1.82) is 0 Å². The lowest BCUT2D eigenvalue weighted by molar-refractivity contribution is 0.590. The van der Waals surface area contributed by atoms with Crippen LogP contribution in [-0.4, -0.2) is 8.42 Å². The van der Waals surface area contributed by atoms with Crippen LogP contribution in [0.3, 0.4) is 0 Å². The Hall–Kier alpha value is -1.81. The summed E-state index contributed by atoms with van der Waals surface area (Å²) in [5.74, 6) is 0. The summed E-state index contributed by atoms with van der Waals surface area (Å²) in [5.41, 5.74) is 1.46. The largest absolute Gasteiger partial charge is 0.282 e. The quantitative estimate of drug-likeness (QED) is 0.835. The molecule has 1 radical (unpaired) electrons. The standard InChI is InChI=1S/C13H12NO2S/c1-11-7-9-13(10-8-11)17(15,16)14-12-5-3-2-4-6-12/h2-10H,1H3. The molecule has 0 saturated carbocycles. The second-order valence-corrected chi connectivity index (χ2v) is 5.32. The molecule has 0 unspecified atom stereocenters. The van der Waals surface area contributed by atoms with E-state index in [1.165, 1.54) is 0 Å². The summed E-state index contributed by atoms with van der Waals surface area (Å²) in [4.78, 5) is 0.215. The zero-order chi connectivity index (χ0) is 12.3. The third-order valence-corrected chi connectivity index (χ3v) is 3.62. The lowest BCUT2D eigenvalue weighted by atomic mass is 10.2. The van der Waals surface area contributed by atoms with Gasteiger partial charge in [-0.05, 0) is 31.2 Å². The van der Waals surface area contributed by atoms with Gasteiger partial charge in [0.25, 0.3) is 10.0 Å². The molecule has 0 aromatic heterocycles. The molecule has 0 bridgehead atoms. The summed E-state index contributed by atoms with van der Waals surface area (Å²) in [6, 6.07) is 15.3. The van der Waals surface area contributed by atoms with Crippen molar-refractivity contribution in [1.82, 2.24) is 4.72 Å². The van der Waals surface area contributed by atoms with Crippen LogP contribution in [0.1, 0.15) is 5.56 Å². The Morgan fingerprint density at radius 2 is 1.47 bits per heavy atom. The van der Waals surface area contributed by atoms with Gasteiger partial charge in [-0.15, -0.1) is 0 Å². The van der Waals surface area contributed by atoms with Crippen LogP contribution in [0.5, 0.6) is 0 Å². The van der Waals surface area contributed by atoms with Gasteiger partial charge in [-0.1, -0.05) is 35.9 Å². The molecule has 0 aliphatic rings. The van der Waals surface area contributed by atoms with E-state index in [9.17, 15) is 8.42 Å². The van der Waals surface area contributed by atoms with Gasteiger partial charge in [0.05, 0.1) is 10.6 Å². The minimum absolute atomic E-state index is 0.215. The minimum atomic E-state index is -3.61. The zero-order valence-corrected chi connectivity index (χ0v) is 10.2. The number of benzene rings is 2. The first-order valence-corrected chi connectivity index (χ1v) is 6.62. The summed E-state index contributed by atoms with van der Waals surface area (Å²) in [6.45, 7) is 1.91. The summed E-state index contributed by atoms with van der Waals surface area (Å²) in [7, 11) is -3.61. The zero-order valence-electron chi connectivity index (χ0n) is 9.37. The van der Waals surface area contributed by atoms with Crippen molar-refractivity contribution in [3.63, 3.8) is 0 Å². The van der Waals surface area contributed by atoms with Crippen molar-refractivity contribution in [3.05, 3.63) is 60.2 Å². The third-order valence-electron chi connectivity index (χ3n) is 2.30. The van der Waals surface area contributed by atoms with Crippen molar-refractivity contribution in [2.75, 3.05) is 0 Å². The van der Waals surface area contributed by atoms with Crippen LogP contribution < -0.4 is 4.72 Å². The molecule has 87 valence electrons. The Balaban J connectivity index is 2.29. The number of hydrogen-bond acceptors (Lipinski definition) is 2. The van der Waals surface area contributed by atoms with Gasteiger partial charge in [-0.2, -0.15) is 13.1 Å². The van der Waals surface area contributed by atoms with Crippen LogP contribution in [0.2, 0.25) is 0 Å². The number of hydrogen-bond donors (Lipinski definition) is 0. The number of sulfonamides is 1. The van der Waals surface area contributed by atoms with Gasteiger partial charge < -0.3 is 0 Å². The number of rotatable bonds is 3. The second-order valence-electron chi connectivity index (χ2n) is 3.71. The molecule has 2 aromatic rings. The lowest BCUT2D eigenvalue weighted by Crippen LogP contribution is -2.11. The number of aryl methyl sites for hydroxylation is 1. The van der Waals surface area contributed by atoms with Gasteiger partial charge in [0.2, 0.25) is 0 Å². The summed E-state index contributed by atoms with van der Waals surface area (Å²) >= 11 is 0. The fourth-order valence-electron chi connectivity index (χ4n) is 1.39. The summed E-state index contributed by atoms with van der Waals surface area (Å²) in [6.07, 6.45) is 0. The molecule has 0 fully saturated rings. The maximum Gasteiger partial charge on any atom is 0.282 e. The Morgan fingerprint density at radius 3 is 2.06 bits per heavy atom. The van der Waals surface area contributed by atoms with Crippen molar-refractivity contribution in [2.24, 2.45) is 0 Å². The number of nitrogens with zero attached hydrogens (tertiary/aromatic N) is 1. The molecule has 0 heterocycles. The van der Waals surface area contributed by atoms with Crippen LogP contribution in [0.15, 0.2) is 59.5 Å². The van der Waals surface area contributed by atoms with E-state index in [1.807, 2.05) is 13.0 Å². The van der Waals surface area contributed by atoms with Crippen molar-refractivity contribution < 1.29 is 8.42 Å². The first-order chi connectivity index (χ1) is 8.08. The van der Waals surface area contributed by atoms with Crippen molar-refractivity contribution >= 4 is 15.7 Å². The molecule has 2 rings (SSSR count). The van der Waals surface area contributed by atoms with E-state index in [0.717, 1.165) is 5.56 Å². The van der Waals surface area contributed by atoms with E-state index in [4.69, 9.17) is 0 Å². The maximum absolute atomic E-state index is 11.9. The lowest BCUT2D eigenvalue weighted by Gasteiger charge is -2.04. The molecule has 0 amide bonds. The van der Waals surface area contributed by atoms with E-state index in [1.54, 1.807) is 48.5 Å². The van der Waals surface area contributed by atoms with Crippen molar-refractivity contribution in [3.8, 4) is 0 Å². The van der Waals surface area contributed by atoms with Gasteiger partial charge in [0, 0.05) is 0 Å². The van der Waals surface area contributed by atoms with Crippen LogP contribution in [-0.2, 0) is 10.0 Å². The minimum Gasteiger partial charge on any atom is -0.199 e. The van der Waals surface area contributed by atoms with E-state index >= 15 is 0 Å². The Morgan fingerprint density at radius 1 is 0.882 bits per heavy atom. The van der Waals surface area contributed by atoms with Gasteiger partial charge in [-0.25, -0.2) is 0 Å². The Kier molecular flexibility index (Phi) is 3.15. The monoisotopic (exact) mass is 246 g/mol. The van der Waals surface area contributed by atoms with Gasteiger partial charge in [0.1, 0.15) is 0 Å². The average molecular weight is 246 g/mol. The van der Waals surface area contributed by atoms with Crippen molar-refractivity contribution in [2.45, 2.75) is 11.8 Å². The highest BCUT2D eigenvalue weighted by Crippen LogP contribution is 2.16. The van der Waals surface area contributed by atoms with E-state index in [2.05, 4.69) is 4.72 Å². The first-order valence-electron chi connectivity index (χ1n) is 5.18. The van der Waals surface area contributed by atoms with Crippen LogP contribution >= 0.6 is 0 Å². The van der Waals surface area contributed by atoms with Gasteiger partial charge in [-0.3, -0.25) is 0 Å². The third kappa shape index (κ3) is 2.85. The molecule has 0 aliphatic heterocycles. The van der Waals surface area contributed by atoms with E-state index in [-0.39, 0.29) is 4.90 Å². The molecule has 4 heteroatoms. The average Bonchev–Trinajstić information content (AvgIpc) is 2.30. The smallest absolute Gasteiger partial charge is 0.199 e. The van der Waals surface area contributed by atoms with Gasteiger partial charge >= 0.3 is 0 Å². The van der Waals surface area contributed by atoms with Gasteiger partial charge in [0.15, 0.2) is 0 Å². The predicted molar refractivity (Wildman–Crippen MR) is 66.6 cm³/mol. The molecule has 0 atom stereocenters. The molecule has 17 heavy (non-hydrogen) atoms. The molecular weight excluding hydrogens is 234 g/mol. The molecule has 0 spiro atoms. The molecule has 0 N–H and O–H groups in total. The van der Waals surface area contributed by atoms with E-state index in [0.29, 0.717) is 5.69 Å². The normalized spacial score (nSPS) is 11.1. The summed E-state index contributed by atoms with van der Waals surface area (Å²) < 4.78 is 27.7. The van der Waals surface area contributed by atoms with Crippen LogP contribution in [0.25, 0.3) is 0 Å². The van der Waals surface area contributed by atoms with E-state index < -0.39 is 10.0 Å². The molecule has 3 nitrogen and oxygen atoms in total. The van der Waals surface area contributed by atoms with Crippen LogP contribution in [0, 0.1) is 6.92 Å². The highest BCUT2D eigenvalue weighted by molar-refractivity contribution is 7.89. The Bertz CT molecular complexity index is 589. The predicted octanol–water partition coefficient (Wildman–Crippen LogP) is 2.62. The highest BCUT2D eigenvalue weighted by atomic mass is 32.2. The fourth-order valence-corrected chi connectivity index (χ4v) is 2.38. The molecule has 0 saturated heterocycles. The fraction of sp³-hybridized carbons (Fsp3) is 0.0769. The Labute approximate surface area is 101 Å².